The number of alkyl carbamates (subject to hydrolysis) is 2. The highest BCUT2D eigenvalue weighted by Gasteiger charge is 2.21. The van der Waals surface area contributed by atoms with Crippen molar-refractivity contribution in [3.63, 3.8) is 0 Å². The van der Waals surface area contributed by atoms with Gasteiger partial charge in [-0.2, -0.15) is 0 Å². The molecule has 0 heterocycles. The molecule has 0 aliphatic heterocycles. The molecule has 0 fully saturated rings. The first-order chi connectivity index (χ1) is 29.4. The molecule has 0 saturated heterocycles. The van der Waals surface area contributed by atoms with Crippen LogP contribution in [-0.2, 0) is 22.7 Å². The van der Waals surface area contributed by atoms with Gasteiger partial charge in [0.1, 0.15) is 13.2 Å². The molecule has 0 aromatic heterocycles. The van der Waals surface area contributed by atoms with Gasteiger partial charge in [-0.05, 0) is 60.1 Å². The summed E-state index contributed by atoms with van der Waals surface area (Å²) in [6.07, 6.45) is 39.2. The van der Waals surface area contributed by atoms with Gasteiger partial charge in [0.15, 0.2) is 0 Å². The van der Waals surface area contributed by atoms with Gasteiger partial charge < -0.3 is 31.6 Å². The van der Waals surface area contributed by atoms with E-state index in [1.807, 2.05) is 48.5 Å². The van der Waals surface area contributed by atoms with Crippen molar-refractivity contribution in [2.45, 2.75) is 220 Å². The fraction of sp³-hybridized carbons (Fsp3) is 0.731. The van der Waals surface area contributed by atoms with Gasteiger partial charge in [0.2, 0.25) is 0 Å². The molecular weight excluding hydrogens is 745 g/mol. The van der Waals surface area contributed by atoms with Gasteiger partial charge in [0.25, 0.3) is 0 Å². The first-order valence-corrected chi connectivity index (χ1v) is 24.9. The minimum Gasteiger partial charge on any atom is -0.445 e. The summed E-state index contributed by atoms with van der Waals surface area (Å²) in [4.78, 5) is 24.1. The lowest BCUT2D eigenvalue weighted by Gasteiger charge is -2.28. The number of anilines is 2. The smallest absolute Gasteiger partial charge is 0.407 e. The average molecular weight is 835 g/mol. The standard InChI is InChI=1S/C52H90N4O4/c1-3-5-7-9-17-23-31-47(33-25-19-13-11-15-21-27-40-55-51(57)59-43-45-36-38-49(53)39-37-45)48(32-24-18-10-8-6-4-2)34-26-20-14-12-16-22-28-41-56-52(58)60-44-46-30-29-35-50(54)42-46/h29-30,35-39,42,47-48H,3-28,31-34,40-41,43-44,53-54H2,1-2H3,(H,55,57)(H,56,58). The molecule has 2 atom stereocenters. The number of hydrogen-bond donors (Lipinski definition) is 4. The van der Waals surface area contributed by atoms with E-state index >= 15 is 0 Å². The number of nitrogen functional groups attached to an aromatic ring is 2. The number of amides is 2. The Labute approximate surface area is 367 Å². The van der Waals surface area contributed by atoms with E-state index in [1.165, 1.54) is 167 Å². The molecule has 2 aromatic rings. The van der Waals surface area contributed by atoms with Gasteiger partial charge in [0, 0.05) is 24.5 Å². The van der Waals surface area contributed by atoms with Crippen molar-refractivity contribution in [3.8, 4) is 0 Å². The highest BCUT2D eigenvalue weighted by atomic mass is 16.6. The minimum atomic E-state index is -0.354. The molecule has 0 bridgehead atoms. The molecule has 8 nitrogen and oxygen atoms in total. The van der Waals surface area contributed by atoms with Crippen LogP contribution >= 0.6 is 0 Å². The summed E-state index contributed by atoms with van der Waals surface area (Å²) < 4.78 is 10.7. The van der Waals surface area contributed by atoms with Crippen LogP contribution in [0, 0.1) is 11.8 Å². The van der Waals surface area contributed by atoms with Crippen LogP contribution in [0.25, 0.3) is 0 Å². The molecule has 0 spiro atoms. The molecule has 2 unspecified atom stereocenters. The van der Waals surface area contributed by atoms with Crippen molar-refractivity contribution >= 4 is 23.6 Å². The third-order valence-corrected chi connectivity index (χ3v) is 12.2. The van der Waals surface area contributed by atoms with Crippen LogP contribution in [-0.4, -0.2) is 25.3 Å². The zero-order chi connectivity index (χ0) is 43.1. The van der Waals surface area contributed by atoms with Crippen molar-refractivity contribution in [1.29, 1.82) is 0 Å². The Hall–Kier alpha value is -3.42. The third kappa shape index (κ3) is 29.7. The number of nitrogens with two attached hydrogens (primary N) is 2. The second-order valence-electron chi connectivity index (χ2n) is 17.7. The minimum absolute atomic E-state index is 0.243. The maximum atomic E-state index is 12.1. The number of unbranched alkanes of at least 4 members (excludes halogenated alkanes) is 22. The quantitative estimate of drug-likeness (QED) is 0.0392. The summed E-state index contributed by atoms with van der Waals surface area (Å²) in [6.45, 7) is 6.48. The largest absolute Gasteiger partial charge is 0.445 e. The van der Waals surface area contributed by atoms with Crippen LogP contribution in [0.15, 0.2) is 48.5 Å². The molecule has 342 valence electrons. The van der Waals surface area contributed by atoms with Gasteiger partial charge in [-0.15, -0.1) is 0 Å². The van der Waals surface area contributed by atoms with E-state index in [2.05, 4.69) is 24.5 Å². The van der Waals surface area contributed by atoms with E-state index in [0.717, 1.165) is 48.6 Å². The number of nitrogens with one attached hydrogen (secondary N) is 2. The van der Waals surface area contributed by atoms with Gasteiger partial charge in [-0.3, -0.25) is 0 Å². The SMILES string of the molecule is CCCCCCCCC(CCCCCCCCCNC(=O)OCc1ccc(N)cc1)C(CCCCCCCC)CCCCCCCCCNC(=O)OCc1cccc(N)c1. The second kappa shape index (κ2) is 37.4. The number of ether oxygens (including phenoxy) is 2. The normalized spacial score (nSPS) is 12.2. The van der Waals surface area contributed by atoms with Crippen LogP contribution in [0.2, 0.25) is 0 Å². The molecule has 60 heavy (non-hydrogen) atoms. The number of carbonyl (C=O) groups excluding carboxylic acids is 2. The molecule has 2 rings (SSSR count). The molecule has 6 N–H and O–H groups in total. The second-order valence-corrected chi connectivity index (χ2v) is 17.7. The Morgan fingerprint density at radius 1 is 0.450 bits per heavy atom. The molecule has 2 aromatic carbocycles. The topological polar surface area (TPSA) is 129 Å². The lowest BCUT2D eigenvalue weighted by molar-refractivity contribution is 0.138. The Morgan fingerprint density at radius 2 is 0.817 bits per heavy atom. The van der Waals surface area contributed by atoms with E-state index < -0.39 is 0 Å². The van der Waals surface area contributed by atoms with Crippen LogP contribution in [0.5, 0.6) is 0 Å². The van der Waals surface area contributed by atoms with Gasteiger partial charge in [0.05, 0.1) is 0 Å². The Bertz CT molecular complexity index is 1310. The van der Waals surface area contributed by atoms with Crippen molar-refractivity contribution < 1.29 is 19.1 Å². The molecule has 0 aliphatic rings. The zero-order valence-electron chi connectivity index (χ0n) is 38.6. The number of hydrogen-bond acceptors (Lipinski definition) is 6. The highest BCUT2D eigenvalue weighted by molar-refractivity contribution is 5.67. The van der Waals surface area contributed by atoms with Gasteiger partial charge >= 0.3 is 12.2 Å². The lowest BCUT2D eigenvalue weighted by atomic mass is 9.78. The first-order valence-electron chi connectivity index (χ1n) is 24.9. The summed E-state index contributed by atoms with van der Waals surface area (Å²) in [5, 5.41) is 5.79. The summed E-state index contributed by atoms with van der Waals surface area (Å²) in [6, 6.07) is 14.9. The summed E-state index contributed by atoms with van der Waals surface area (Å²) in [7, 11) is 0. The van der Waals surface area contributed by atoms with Crippen LogP contribution < -0.4 is 22.1 Å². The predicted molar refractivity (Wildman–Crippen MR) is 255 cm³/mol. The number of rotatable bonds is 39. The molecule has 0 aliphatic carbocycles. The lowest BCUT2D eigenvalue weighted by Crippen LogP contribution is -2.25. The van der Waals surface area contributed by atoms with E-state index in [1.54, 1.807) is 0 Å². The fourth-order valence-corrected chi connectivity index (χ4v) is 8.51. The Kier molecular flexibility index (Phi) is 32.8. The monoisotopic (exact) mass is 835 g/mol. The van der Waals surface area contributed by atoms with Gasteiger partial charge in [-0.1, -0.05) is 218 Å². The van der Waals surface area contributed by atoms with E-state index in [0.29, 0.717) is 24.5 Å². The molecule has 0 radical (unpaired) electrons. The zero-order valence-corrected chi connectivity index (χ0v) is 38.6. The average Bonchev–Trinajstić information content (AvgIpc) is 3.25. The van der Waals surface area contributed by atoms with Crippen molar-refractivity contribution in [2.24, 2.45) is 11.8 Å². The summed E-state index contributed by atoms with van der Waals surface area (Å²) in [5.74, 6) is 1.78. The maximum absolute atomic E-state index is 12.1. The van der Waals surface area contributed by atoms with Crippen molar-refractivity contribution in [3.05, 3.63) is 59.7 Å². The Morgan fingerprint density at radius 3 is 1.22 bits per heavy atom. The van der Waals surface area contributed by atoms with E-state index in [-0.39, 0.29) is 25.4 Å². The molecular formula is C52H90N4O4. The first kappa shape index (κ1) is 52.7. The molecule has 0 saturated carbocycles. The summed E-state index contributed by atoms with van der Waals surface area (Å²) >= 11 is 0. The maximum Gasteiger partial charge on any atom is 0.407 e. The highest BCUT2D eigenvalue weighted by Crippen LogP contribution is 2.34. The van der Waals surface area contributed by atoms with Gasteiger partial charge in [-0.25, -0.2) is 9.59 Å². The predicted octanol–water partition coefficient (Wildman–Crippen LogP) is 15.0. The number of benzene rings is 2. The van der Waals surface area contributed by atoms with E-state index in [9.17, 15) is 9.59 Å². The molecule has 8 heteroatoms. The van der Waals surface area contributed by atoms with Crippen LogP contribution in [0.1, 0.15) is 218 Å². The van der Waals surface area contributed by atoms with Crippen molar-refractivity contribution in [1.82, 2.24) is 10.6 Å². The van der Waals surface area contributed by atoms with Crippen molar-refractivity contribution in [2.75, 3.05) is 24.6 Å². The third-order valence-electron chi connectivity index (χ3n) is 12.2. The number of carbonyl (C=O) groups is 2. The fourth-order valence-electron chi connectivity index (χ4n) is 8.51. The molecule has 2 amide bonds. The Balaban J connectivity index is 1.67. The van der Waals surface area contributed by atoms with Crippen LogP contribution in [0.4, 0.5) is 21.0 Å². The van der Waals surface area contributed by atoms with E-state index in [4.69, 9.17) is 20.9 Å². The summed E-state index contributed by atoms with van der Waals surface area (Å²) in [5.41, 5.74) is 14.8. The van der Waals surface area contributed by atoms with Crippen LogP contribution in [0.3, 0.4) is 0 Å².